The summed E-state index contributed by atoms with van der Waals surface area (Å²) in [7, 11) is 0. The van der Waals surface area contributed by atoms with Crippen LogP contribution in [-0.4, -0.2) is 16.6 Å². The Bertz CT molecular complexity index is 755. The number of hydrogen-bond donors (Lipinski definition) is 0. The van der Waals surface area contributed by atoms with E-state index in [1.807, 2.05) is 13.8 Å². The molecule has 0 radical (unpaired) electrons. The van der Waals surface area contributed by atoms with Crippen LogP contribution in [0.2, 0.25) is 0 Å². The molecule has 0 saturated heterocycles. The van der Waals surface area contributed by atoms with Gasteiger partial charge in [0.2, 0.25) is 5.88 Å². The standard InChI is InChI=1S/C20H25F3N2O/c1-13(2)10-19(4,5)12-26-18-17(20(21,22)23)9-16(11-25-18)15-6-7-24-14(3)8-15/h6-9,11,13H,10,12H2,1-5H3. The number of nitrogens with zero attached hydrogens (tertiary/aromatic N) is 2. The second kappa shape index (κ2) is 7.64. The Kier molecular flexibility index (Phi) is 5.94. The zero-order valence-electron chi connectivity index (χ0n) is 15.8. The summed E-state index contributed by atoms with van der Waals surface area (Å²) in [6, 6.07) is 4.48. The highest BCUT2D eigenvalue weighted by molar-refractivity contribution is 5.64. The Morgan fingerprint density at radius 1 is 1.08 bits per heavy atom. The lowest BCUT2D eigenvalue weighted by atomic mass is 9.85. The topological polar surface area (TPSA) is 35.0 Å². The Hall–Kier alpha value is -2.11. The smallest absolute Gasteiger partial charge is 0.421 e. The van der Waals surface area contributed by atoms with Crippen molar-refractivity contribution in [3.05, 3.63) is 41.9 Å². The summed E-state index contributed by atoms with van der Waals surface area (Å²) in [6.45, 7) is 10.1. The molecule has 2 heterocycles. The maximum Gasteiger partial charge on any atom is 0.421 e. The summed E-state index contributed by atoms with van der Waals surface area (Å²) in [5.41, 5.74) is 0.662. The lowest BCUT2D eigenvalue weighted by Crippen LogP contribution is -2.24. The van der Waals surface area contributed by atoms with Crippen molar-refractivity contribution >= 4 is 0 Å². The van der Waals surface area contributed by atoms with E-state index in [2.05, 4.69) is 23.8 Å². The van der Waals surface area contributed by atoms with Gasteiger partial charge >= 0.3 is 6.18 Å². The predicted molar refractivity (Wildman–Crippen MR) is 95.9 cm³/mol. The first kappa shape index (κ1) is 20.2. The SMILES string of the molecule is Cc1cc(-c2cnc(OCC(C)(C)CC(C)C)c(C(F)(F)F)c2)ccn1. The van der Waals surface area contributed by atoms with Gasteiger partial charge < -0.3 is 4.74 Å². The van der Waals surface area contributed by atoms with E-state index in [0.29, 0.717) is 17.0 Å². The van der Waals surface area contributed by atoms with Crippen LogP contribution in [0.25, 0.3) is 11.1 Å². The zero-order valence-corrected chi connectivity index (χ0v) is 15.8. The summed E-state index contributed by atoms with van der Waals surface area (Å²) in [5.74, 6) is 0.0600. The maximum absolute atomic E-state index is 13.5. The molecule has 0 aliphatic carbocycles. The largest absolute Gasteiger partial charge is 0.477 e. The quantitative estimate of drug-likeness (QED) is 0.636. The molecule has 0 N–H and O–H groups in total. The van der Waals surface area contributed by atoms with Gasteiger partial charge in [0, 0.05) is 23.7 Å². The molecule has 2 rings (SSSR count). The van der Waals surface area contributed by atoms with E-state index in [0.717, 1.165) is 18.2 Å². The molecule has 0 aromatic carbocycles. The van der Waals surface area contributed by atoms with Crippen molar-refractivity contribution in [1.82, 2.24) is 9.97 Å². The van der Waals surface area contributed by atoms with Gasteiger partial charge in [-0.15, -0.1) is 0 Å². The number of aryl methyl sites for hydroxylation is 1. The van der Waals surface area contributed by atoms with Crippen LogP contribution in [0.5, 0.6) is 5.88 Å². The number of ether oxygens (including phenoxy) is 1. The van der Waals surface area contributed by atoms with Crippen molar-refractivity contribution in [2.75, 3.05) is 6.61 Å². The molecule has 3 nitrogen and oxygen atoms in total. The number of hydrogen-bond acceptors (Lipinski definition) is 3. The molecule has 2 aromatic rings. The number of pyridine rings is 2. The Balaban J connectivity index is 2.32. The predicted octanol–water partition coefficient (Wildman–Crippen LogP) is 5.92. The second-order valence-corrected chi connectivity index (χ2v) is 7.81. The molecule has 0 bridgehead atoms. The summed E-state index contributed by atoms with van der Waals surface area (Å²) in [6.07, 6.45) is -0.711. The molecular formula is C20H25F3N2O. The molecule has 142 valence electrons. The minimum absolute atomic E-state index is 0.176. The molecule has 6 heteroatoms. The average molecular weight is 366 g/mol. The summed E-state index contributed by atoms with van der Waals surface area (Å²) in [5, 5.41) is 0. The van der Waals surface area contributed by atoms with Gasteiger partial charge in [0.15, 0.2) is 0 Å². The van der Waals surface area contributed by atoms with Crippen molar-refractivity contribution in [2.24, 2.45) is 11.3 Å². The van der Waals surface area contributed by atoms with Crippen LogP contribution in [0.3, 0.4) is 0 Å². The van der Waals surface area contributed by atoms with Crippen LogP contribution < -0.4 is 4.74 Å². The highest BCUT2D eigenvalue weighted by Crippen LogP contribution is 2.38. The molecule has 0 amide bonds. The number of aromatic nitrogens is 2. The lowest BCUT2D eigenvalue weighted by Gasteiger charge is -2.27. The number of alkyl halides is 3. The van der Waals surface area contributed by atoms with Crippen molar-refractivity contribution < 1.29 is 17.9 Å². The van der Waals surface area contributed by atoms with Crippen LogP contribution in [0.15, 0.2) is 30.6 Å². The van der Waals surface area contributed by atoms with Crippen molar-refractivity contribution in [3.63, 3.8) is 0 Å². The molecule has 0 spiro atoms. The minimum atomic E-state index is -4.54. The van der Waals surface area contributed by atoms with E-state index >= 15 is 0 Å². The third-order valence-electron chi connectivity index (χ3n) is 3.95. The second-order valence-electron chi connectivity index (χ2n) is 7.81. The van der Waals surface area contributed by atoms with Crippen LogP contribution in [0, 0.1) is 18.3 Å². The van der Waals surface area contributed by atoms with Gasteiger partial charge in [-0.05, 0) is 48.4 Å². The van der Waals surface area contributed by atoms with Crippen molar-refractivity contribution in [1.29, 1.82) is 0 Å². The summed E-state index contributed by atoms with van der Waals surface area (Å²) in [4.78, 5) is 8.04. The Labute approximate surface area is 152 Å². The van der Waals surface area contributed by atoms with Gasteiger partial charge in [0.25, 0.3) is 0 Å². The van der Waals surface area contributed by atoms with Crippen molar-refractivity contribution in [2.45, 2.75) is 47.2 Å². The summed E-state index contributed by atoms with van der Waals surface area (Å²) >= 11 is 0. The van der Waals surface area contributed by atoms with E-state index in [4.69, 9.17) is 4.74 Å². The molecule has 0 aliphatic rings. The molecule has 0 atom stereocenters. The highest BCUT2D eigenvalue weighted by Gasteiger charge is 2.36. The van der Waals surface area contributed by atoms with Gasteiger partial charge in [0.1, 0.15) is 5.56 Å². The first-order chi connectivity index (χ1) is 12.0. The third kappa shape index (κ3) is 5.44. The van der Waals surface area contributed by atoms with Gasteiger partial charge in [-0.2, -0.15) is 13.2 Å². The van der Waals surface area contributed by atoms with E-state index in [1.165, 1.54) is 6.20 Å². The van der Waals surface area contributed by atoms with Crippen LogP contribution >= 0.6 is 0 Å². The molecule has 0 saturated carbocycles. The lowest BCUT2D eigenvalue weighted by molar-refractivity contribution is -0.139. The molecule has 2 aromatic heterocycles. The molecule has 26 heavy (non-hydrogen) atoms. The maximum atomic E-state index is 13.5. The summed E-state index contributed by atoms with van der Waals surface area (Å²) < 4.78 is 46.1. The monoisotopic (exact) mass is 366 g/mol. The Morgan fingerprint density at radius 2 is 1.77 bits per heavy atom. The van der Waals surface area contributed by atoms with E-state index in [9.17, 15) is 13.2 Å². The van der Waals surface area contributed by atoms with Crippen LogP contribution in [-0.2, 0) is 6.18 Å². The fourth-order valence-electron chi connectivity index (χ4n) is 3.08. The number of halogens is 3. The third-order valence-corrected chi connectivity index (χ3v) is 3.95. The number of rotatable bonds is 6. The van der Waals surface area contributed by atoms with Gasteiger partial charge in [-0.1, -0.05) is 27.7 Å². The van der Waals surface area contributed by atoms with Crippen LogP contribution in [0.1, 0.15) is 45.4 Å². The van der Waals surface area contributed by atoms with Gasteiger partial charge in [0.05, 0.1) is 6.61 Å². The fraction of sp³-hybridized carbons (Fsp3) is 0.500. The molecule has 0 aliphatic heterocycles. The molecule has 0 fully saturated rings. The first-order valence-corrected chi connectivity index (χ1v) is 8.61. The fourth-order valence-corrected chi connectivity index (χ4v) is 3.08. The normalized spacial score (nSPS) is 12.5. The van der Waals surface area contributed by atoms with Gasteiger partial charge in [-0.3, -0.25) is 4.98 Å². The molecular weight excluding hydrogens is 341 g/mol. The Morgan fingerprint density at radius 3 is 2.35 bits per heavy atom. The van der Waals surface area contributed by atoms with Gasteiger partial charge in [-0.25, -0.2) is 4.98 Å². The molecule has 0 unspecified atom stereocenters. The van der Waals surface area contributed by atoms with E-state index < -0.39 is 11.7 Å². The minimum Gasteiger partial charge on any atom is -0.477 e. The zero-order chi connectivity index (χ0) is 19.5. The van der Waals surface area contributed by atoms with Crippen LogP contribution in [0.4, 0.5) is 13.2 Å². The van der Waals surface area contributed by atoms with Crippen molar-refractivity contribution in [3.8, 4) is 17.0 Å². The van der Waals surface area contributed by atoms with E-state index in [1.54, 1.807) is 25.3 Å². The van der Waals surface area contributed by atoms with E-state index in [-0.39, 0.29) is 17.9 Å². The average Bonchev–Trinajstić information content (AvgIpc) is 2.51. The first-order valence-electron chi connectivity index (χ1n) is 8.61. The highest BCUT2D eigenvalue weighted by atomic mass is 19.4.